The van der Waals surface area contributed by atoms with E-state index in [-0.39, 0.29) is 5.82 Å². The van der Waals surface area contributed by atoms with Crippen LogP contribution in [0.5, 0.6) is 0 Å². The molecule has 1 aliphatic carbocycles. The molecular weight excluding hydrogens is 305 g/mol. The topological polar surface area (TPSA) is 41.3 Å². The molecule has 2 aliphatic rings. The first-order valence-electron chi connectivity index (χ1n) is 9.02. The Kier molecular flexibility index (Phi) is 4.52. The second kappa shape index (κ2) is 6.93. The third-order valence-corrected chi connectivity index (χ3v) is 5.17. The van der Waals surface area contributed by atoms with Gasteiger partial charge in [0.25, 0.3) is 0 Å². The molecule has 2 heterocycles. The number of halogens is 1. The van der Waals surface area contributed by atoms with Crippen molar-refractivity contribution in [3.63, 3.8) is 0 Å². The van der Waals surface area contributed by atoms with E-state index in [1.54, 1.807) is 12.1 Å². The van der Waals surface area contributed by atoms with Crippen molar-refractivity contribution < 1.29 is 8.91 Å². The zero-order valence-corrected chi connectivity index (χ0v) is 14.0. The highest BCUT2D eigenvalue weighted by Gasteiger charge is 2.20. The van der Waals surface area contributed by atoms with Crippen LogP contribution in [-0.2, 0) is 25.9 Å². The van der Waals surface area contributed by atoms with Gasteiger partial charge < -0.3 is 14.7 Å². The summed E-state index contributed by atoms with van der Waals surface area (Å²) >= 11 is 0. The fourth-order valence-corrected chi connectivity index (χ4v) is 3.87. The molecule has 0 atom stereocenters. The zero-order chi connectivity index (χ0) is 16.4. The summed E-state index contributed by atoms with van der Waals surface area (Å²) in [6.45, 7) is 3.19. The molecule has 5 heteroatoms. The van der Waals surface area contributed by atoms with E-state index < -0.39 is 0 Å². The van der Waals surface area contributed by atoms with E-state index in [0.717, 1.165) is 48.6 Å². The summed E-state index contributed by atoms with van der Waals surface area (Å²) in [4.78, 5) is 2.29. The summed E-state index contributed by atoms with van der Waals surface area (Å²) in [6.07, 6.45) is 6.81. The van der Waals surface area contributed by atoms with Gasteiger partial charge in [-0.3, -0.25) is 0 Å². The Hall–Kier alpha value is -1.88. The fourth-order valence-electron chi connectivity index (χ4n) is 3.87. The molecule has 1 aliphatic heterocycles. The Labute approximate surface area is 142 Å². The van der Waals surface area contributed by atoms with Crippen LogP contribution >= 0.6 is 0 Å². The molecule has 0 radical (unpaired) electrons. The van der Waals surface area contributed by atoms with Gasteiger partial charge in [-0.2, -0.15) is 0 Å². The van der Waals surface area contributed by atoms with Gasteiger partial charge in [0.1, 0.15) is 17.3 Å². The quantitative estimate of drug-likeness (QED) is 0.910. The minimum Gasteiger partial charge on any atom is -0.371 e. The number of rotatable bonds is 5. The normalized spacial score (nSPS) is 17.3. The number of aromatic nitrogens is 1. The number of nitrogens with one attached hydrogen (secondary N) is 1. The molecule has 4 rings (SSSR count). The number of benzene rings is 1. The van der Waals surface area contributed by atoms with Gasteiger partial charge in [-0.25, -0.2) is 4.39 Å². The maximum absolute atomic E-state index is 14.3. The SMILES string of the molecule is Fc1cccc(N2CCCC2)c1CNCc1noc2c1CCCC2. The summed E-state index contributed by atoms with van der Waals surface area (Å²) in [5.41, 5.74) is 4.05. The minimum absolute atomic E-state index is 0.130. The number of nitrogens with zero attached hydrogens (tertiary/aromatic N) is 2. The average molecular weight is 329 g/mol. The summed E-state index contributed by atoms with van der Waals surface area (Å²) in [5, 5.41) is 7.58. The lowest BCUT2D eigenvalue weighted by atomic mass is 9.96. The van der Waals surface area contributed by atoms with Gasteiger partial charge in [0, 0.05) is 49.4 Å². The number of fused-ring (bicyclic) bond motifs is 1. The second-order valence-electron chi connectivity index (χ2n) is 6.77. The Balaban J connectivity index is 1.45. The smallest absolute Gasteiger partial charge is 0.140 e. The summed E-state index contributed by atoms with van der Waals surface area (Å²) in [6, 6.07) is 5.39. The first-order valence-corrected chi connectivity index (χ1v) is 9.02. The van der Waals surface area contributed by atoms with Crippen molar-refractivity contribution in [3.8, 4) is 0 Å². The molecule has 0 unspecified atom stereocenters. The molecule has 24 heavy (non-hydrogen) atoms. The number of anilines is 1. The van der Waals surface area contributed by atoms with Gasteiger partial charge in [0.15, 0.2) is 0 Å². The van der Waals surface area contributed by atoms with E-state index in [9.17, 15) is 4.39 Å². The molecule has 1 aromatic carbocycles. The molecule has 2 aromatic rings. The van der Waals surface area contributed by atoms with Crippen molar-refractivity contribution in [2.75, 3.05) is 18.0 Å². The van der Waals surface area contributed by atoms with Crippen LogP contribution in [0.4, 0.5) is 10.1 Å². The highest BCUT2D eigenvalue weighted by Crippen LogP contribution is 2.27. The largest absolute Gasteiger partial charge is 0.371 e. The van der Waals surface area contributed by atoms with E-state index in [1.807, 2.05) is 6.07 Å². The van der Waals surface area contributed by atoms with E-state index in [0.29, 0.717) is 13.1 Å². The summed E-state index contributed by atoms with van der Waals surface area (Å²) < 4.78 is 19.8. The van der Waals surface area contributed by atoms with Gasteiger partial charge >= 0.3 is 0 Å². The maximum Gasteiger partial charge on any atom is 0.140 e. The first-order chi connectivity index (χ1) is 11.8. The monoisotopic (exact) mass is 329 g/mol. The molecule has 0 bridgehead atoms. The molecule has 1 aromatic heterocycles. The Bertz CT molecular complexity index is 707. The lowest BCUT2D eigenvalue weighted by Gasteiger charge is -2.22. The van der Waals surface area contributed by atoms with Gasteiger partial charge in [-0.15, -0.1) is 0 Å². The average Bonchev–Trinajstić information content (AvgIpc) is 3.26. The van der Waals surface area contributed by atoms with E-state index in [1.165, 1.54) is 31.2 Å². The minimum atomic E-state index is -0.130. The molecule has 128 valence electrons. The molecule has 4 nitrogen and oxygen atoms in total. The molecular formula is C19H24FN3O. The molecule has 0 spiro atoms. The van der Waals surface area contributed by atoms with E-state index in [2.05, 4.69) is 15.4 Å². The standard InChI is InChI=1S/C19H24FN3O/c20-16-7-5-8-18(23-10-3-4-11-23)15(16)12-21-13-17-14-6-1-2-9-19(14)24-22-17/h5,7-8,21H,1-4,6,9-13H2. The van der Waals surface area contributed by atoms with Crippen LogP contribution in [0.1, 0.15) is 48.3 Å². The first kappa shape index (κ1) is 15.6. The van der Waals surface area contributed by atoms with Crippen LogP contribution in [0.15, 0.2) is 22.7 Å². The van der Waals surface area contributed by atoms with Crippen LogP contribution < -0.4 is 10.2 Å². The molecule has 0 amide bonds. The van der Waals surface area contributed by atoms with Crippen LogP contribution in [-0.4, -0.2) is 18.2 Å². The Morgan fingerprint density at radius 1 is 1.08 bits per heavy atom. The van der Waals surface area contributed by atoms with Crippen LogP contribution in [0.3, 0.4) is 0 Å². The summed E-state index contributed by atoms with van der Waals surface area (Å²) in [7, 11) is 0. The molecule has 1 N–H and O–H groups in total. The maximum atomic E-state index is 14.3. The second-order valence-corrected chi connectivity index (χ2v) is 6.77. The van der Waals surface area contributed by atoms with Gasteiger partial charge in [-0.1, -0.05) is 11.2 Å². The van der Waals surface area contributed by atoms with Crippen molar-refractivity contribution in [1.29, 1.82) is 0 Å². The molecule has 1 fully saturated rings. The van der Waals surface area contributed by atoms with Crippen molar-refractivity contribution in [2.24, 2.45) is 0 Å². The Morgan fingerprint density at radius 3 is 2.79 bits per heavy atom. The predicted octanol–water partition coefficient (Wildman–Crippen LogP) is 3.58. The van der Waals surface area contributed by atoms with Gasteiger partial charge in [0.2, 0.25) is 0 Å². The Morgan fingerprint density at radius 2 is 1.92 bits per heavy atom. The highest BCUT2D eigenvalue weighted by atomic mass is 19.1. The van der Waals surface area contributed by atoms with Crippen LogP contribution in [0.2, 0.25) is 0 Å². The van der Waals surface area contributed by atoms with Crippen molar-refractivity contribution >= 4 is 5.69 Å². The lowest BCUT2D eigenvalue weighted by Crippen LogP contribution is -2.23. The van der Waals surface area contributed by atoms with Crippen molar-refractivity contribution in [3.05, 3.63) is 46.6 Å². The highest BCUT2D eigenvalue weighted by molar-refractivity contribution is 5.54. The number of hydrogen-bond acceptors (Lipinski definition) is 4. The van der Waals surface area contributed by atoms with E-state index >= 15 is 0 Å². The number of hydrogen-bond donors (Lipinski definition) is 1. The van der Waals surface area contributed by atoms with Crippen molar-refractivity contribution in [2.45, 2.75) is 51.6 Å². The lowest BCUT2D eigenvalue weighted by molar-refractivity contribution is 0.366. The van der Waals surface area contributed by atoms with Crippen LogP contribution in [0, 0.1) is 5.82 Å². The number of aryl methyl sites for hydroxylation is 1. The van der Waals surface area contributed by atoms with Crippen LogP contribution in [0.25, 0.3) is 0 Å². The summed E-state index contributed by atoms with van der Waals surface area (Å²) in [5.74, 6) is 0.913. The van der Waals surface area contributed by atoms with Crippen molar-refractivity contribution in [1.82, 2.24) is 10.5 Å². The third kappa shape index (κ3) is 3.05. The molecule has 1 saturated heterocycles. The van der Waals surface area contributed by atoms with Gasteiger partial charge in [-0.05, 0) is 44.2 Å². The van der Waals surface area contributed by atoms with Gasteiger partial charge in [0.05, 0.1) is 0 Å². The van der Waals surface area contributed by atoms with E-state index in [4.69, 9.17) is 4.52 Å². The fraction of sp³-hybridized carbons (Fsp3) is 0.526. The molecule has 0 saturated carbocycles. The zero-order valence-electron chi connectivity index (χ0n) is 14.0. The predicted molar refractivity (Wildman–Crippen MR) is 91.5 cm³/mol. The third-order valence-electron chi connectivity index (χ3n) is 5.17.